The van der Waals surface area contributed by atoms with Gasteiger partial charge in [-0.1, -0.05) is 25.1 Å². The number of pyridine rings is 1. The van der Waals surface area contributed by atoms with E-state index in [4.69, 9.17) is 4.74 Å². The van der Waals surface area contributed by atoms with Gasteiger partial charge >= 0.3 is 0 Å². The Morgan fingerprint density at radius 1 is 1.43 bits per heavy atom. The topological polar surface area (TPSA) is 72.5 Å². The van der Waals surface area contributed by atoms with E-state index in [0.717, 1.165) is 22.8 Å². The van der Waals surface area contributed by atoms with Gasteiger partial charge in [-0.2, -0.15) is 5.10 Å². The average molecular weight is 314 g/mol. The first kappa shape index (κ1) is 15.7. The Hall–Kier alpha value is -2.21. The predicted molar refractivity (Wildman–Crippen MR) is 87.2 cm³/mol. The lowest BCUT2D eigenvalue weighted by atomic mass is 9.72. The van der Waals surface area contributed by atoms with Crippen LogP contribution >= 0.6 is 0 Å². The van der Waals surface area contributed by atoms with Crippen molar-refractivity contribution in [3.05, 3.63) is 41.3 Å². The first-order valence-electron chi connectivity index (χ1n) is 7.83. The SMILES string of the molecule is CCOC1c2c(c(C)nn2-c2ccccn2)/C(=N\O)CC1(C)C. The molecule has 0 saturated carbocycles. The number of oxime groups is 1. The molecular weight excluding hydrogens is 292 g/mol. The number of rotatable bonds is 3. The molecule has 0 saturated heterocycles. The third kappa shape index (κ3) is 2.53. The average Bonchev–Trinajstić information content (AvgIpc) is 2.88. The molecule has 0 fully saturated rings. The molecule has 1 N–H and O–H groups in total. The molecule has 1 aliphatic carbocycles. The van der Waals surface area contributed by atoms with Crippen LogP contribution in [0.2, 0.25) is 0 Å². The van der Waals surface area contributed by atoms with Crippen molar-refractivity contribution in [1.29, 1.82) is 0 Å². The third-order valence-electron chi connectivity index (χ3n) is 4.29. The molecule has 0 spiro atoms. The van der Waals surface area contributed by atoms with E-state index in [1.165, 1.54) is 0 Å². The summed E-state index contributed by atoms with van der Waals surface area (Å²) in [6.45, 7) is 8.75. The number of hydrogen-bond acceptors (Lipinski definition) is 5. The second-order valence-electron chi connectivity index (χ2n) is 6.49. The molecular formula is C17H22N4O2. The van der Waals surface area contributed by atoms with Crippen molar-refractivity contribution in [2.24, 2.45) is 10.6 Å². The summed E-state index contributed by atoms with van der Waals surface area (Å²) in [6.07, 6.45) is 2.23. The fourth-order valence-electron chi connectivity index (χ4n) is 3.34. The van der Waals surface area contributed by atoms with Gasteiger partial charge in [0.2, 0.25) is 0 Å². The Bertz CT molecular complexity index is 735. The summed E-state index contributed by atoms with van der Waals surface area (Å²) in [7, 11) is 0. The highest BCUT2D eigenvalue weighted by molar-refractivity contribution is 6.03. The van der Waals surface area contributed by atoms with Gasteiger partial charge in [0.15, 0.2) is 5.82 Å². The Morgan fingerprint density at radius 2 is 2.22 bits per heavy atom. The summed E-state index contributed by atoms with van der Waals surface area (Å²) in [5, 5.41) is 17.7. The molecule has 1 unspecified atom stereocenters. The van der Waals surface area contributed by atoms with Crippen molar-refractivity contribution in [2.75, 3.05) is 6.61 Å². The van der Waals surface area contributed by atoms with Gasteiger partial charge < -0.3 is 9.94 Å². The molecule has 0 radical (unpaired) electrons. The molecule has 0 aromatic carbocycles. The summed E-state index contributed by atoms with van der Waals surface area (Å²) >= 11 is 0. The smallest absolute Gasteiger partial charge is 0.153 e. The van der Waals surface area contributed by atoms with Gasteiger partial charge in [0.1, 0.15) is 6.10 Å². The zero-order valence-corrected chi connectivity index (χ0v) is 13.9. The molecule has 23 heavy (non-hydrogen) atoms. The van der Waals surface area contributed by atoms with Crippen LogP contribution in [0.25, 0.3) is 5.82 Å². The maximum atomic E-state index is 9.48. The van der Waals surface area contributed by atoms with Gasteiger partial charge in [0.25, 0.3) is 0 Å². The van der Waals surface area contributed by atoms with Crippen molar-refractivity contribution in [3.8, 4) is 5.82 Å². The number of hydrogen-bond donors (Lipinski definition) is 1. The maximum absolute atomic E-state index is 9.48. The van der Waals surface area contributed by atoms with Crippen molar-refractivity contribution in [2.45, 2.75) is 40.2 Å². The first-order valence-corrected chi connectivity index (χ1v) is 7.83. The van der Waals surface area contributed by atoms with Gasteiger partial charge in [-0.05, 0) is 26.0 Å². The van der Waals surface area contributed by atoms with Crippen molar-refractivity contribution in [3.63, 3.8) is 0 Å². The molecule has 1 atom stereocenters. The largest absolute Gasteiger partial charge is 0.411 e. The van der Waals surface area contributed by atoms with E-state index < -0.39 is 0 Å². The number of ether oxygens (including phenoxy) is 1. The Balaban J connectivity index is 2.28. The highest BCUT2D eigenvalue weighted by Crippen LogP contribution is 2.47. The first-order chi connectivity index (χ1) is 11.0. The van der Waals surface area contributed by atoms with Crippen molar-refractivity contribution in [1.82, 2.24) is 14.8 Å². The van der Waals surface area contributed by atoms with Crippen LogP contribution in [0.1, 0.15) is 50.2 Å². The predicted octanol–water partition coefficient (Wildman–Crippen LogP) is 3.26. The molecule has 6 heteroatoms. The lowest BCUT2D eigenvalue weighted by molar-refractivity contribution is -0.0260. The number of aryl methyl sites for hydroxylation is 1. The van der Waals surface area contributed by atoms with E-state index >= 15 is 0 Å². The van der Waals surface area contributed by atoms with Gasteiger partial charge in [-0.25, -0.2) is 9.67 Å². The zero-order chi connectivity index (χ0) is 16.6. The molecule has 0 amide bonds. The second-order valence-corrected chi connectivity index (χ2v) is 6.49. The molecule has 122 valence electrons. The lowest BCUT2D eigenvalue weighted by Crippen LogP contribution is -2.35. The van der Waals surface area contributed by atoms with E-state index in [2.05, 4.69) is 29.1 Å². The molecule has 3 rings (SSSR count). The minimum absolute atomic E-state index is 0.142. The molecule has 2 aromatic heterocycles. The minimum atomic E-state index is -0.205. The molecule has 6 nitrogen and oxygen atoms in total. The molecule has 0 bridgehead atoms. The van der Waals surface area contributed by atoms with Crippen LogP contribution in [0.3, 0.4) is 0 Å². The van der Waals surface area contributed by atoms with Crippen LogP contribution in [0, 0.1) is 12.3 Å². The van der Waals surface area contributed by atoms with Crippen LogP contribution in [0.5, 0.6) is 0 Å². The van der Waals surface area contributed by atoms with Gasteiger partial charge in [0.05, 0.1) is 17.1 Å². The number of aromatic nitrogens is 3. The van der Waals surface area contributed by atoms with Crippen LogP contribution in [0.15, 0.2) is 29.6 Å². The fraction of sp³-hybridized carbons (Fsp3) is 0.471. The maximum Gasteiger partial charge on any atom is 0.153 e. The summed E-state index contributed by atoms with van der Waals surface area (Å²) in [6, 6.07) is 5.71. The summed E-state index contributed by atoms with van der Waals surface area (Å²) in [4.78, 5) is 4.41. The Labute approximate surface area is 135 Å². The summed E-state index contributed by atoms with van der Waals surface area (Å²) in [5.41, 5.74) is 3.05. The minimum Gasteiger partial charge on any atom is -0.411 e. The lowest BCUT2D eigenvalue weighted by Gasteiger charge is -2.38. The molecule has 1 aliphatic rings. The number of nitrogens with zero attached hydrogens (tertiary/aromatic N) is 4. The highest BCUT2D eigenvalue weighted by atomic mass is 16.5. The Morgan fingerprint density at radius 3 is 2.83 bits per heavy atom. The number of fused-ring (bicyclic) bond motifs is 1. The highest BCUT2D eigenvalue weighted by Gasteiger charge is 2.44. The molecule has 2 heterocycles. The normalized spacial score (nSPS) is 21.4. The third-order valence-corrected chi connectivity index (χ3v) is 4.29. The van der Waals surface area contributed by atoms with Crippen LogP contribution in [-0.2, 0) is 4.74 Å². The summed E-state index contributed by atoms with van der Waals surface area (Å²) in [5.74, 6) is 0.733. The zero-order valence-electron chi connectivity index (χ0n) is 13.9. The van der Waals surface area contributed by atoms with Gasteiger partial charge in [0, 0.05) is 30.2 Å². The van der Waals surface area contributed by atoms with E-state index in [-0.39, 0.29) is 11.5 Å². The van der Waals surface area contributed by atoms with Crippen LogP contribution in [0.4, 0.5) is 0 Å². The van der Waals surface area contributed by atoms with Crippen LogP contribution in [-0.4, -0.2) is 32.3 Å². The fourth-order valence-corrected chi connectivity index (χ4v) is 3.34. The van der Waals surface area contributed by atoms with E-state index in [1.54, 1.807) is 6.20 Å². The van der Waals surface area contributed by atoms with Gasteiger partial charge in [-0.3, -0.25) is 0 Å². The molecule has 2 aromatic rings. The van der Waals surface area contributed by atoms with Gasteiger partial charge in [-0.15, -0.1) is 0 Å². The van der Waals surface area contributed by atoms with Crippen molar-refractivity contribution < 1.29 is 9.94 Å². The summed E-state index contributed by atoms with van der Waals surface area (Å²) < 4.78 is 7.88. The standard InChI is InChI=1S/C17H22N4O2/c1-5-23-16-15-14(12(20-22)10-17(16,3)4)11(2)19-21(15)13-8-6-7-9-18-13/h6-9,16,22H,5,10H2,1-4H3/b20-12-. The quantitative estimate of drug-likeness (QED) is 0.697. The Kier molecular flexibility index (Phi) is 3.93. The van der Waals surface area contributed by atoms with E-state index in [9.17, 15) is 5.21 Å². The van der Waals surface area contributed by atoms with E-state index in [1.807, 2.05) is 36.7 Å². The van der Waals surface area contributed by atoms with E-state index in [0.29, 0.717) is 18.7 Å². The van der Waals surface area contributed by atoms with Crippen LogP contribution < -0.4 is 0 Å². The molecule has 0 aliphatic heterocycles. The second kappa shape index (κ2) is 5.77. The van der Waals surface area contributed by atoms with Crippen molar-refractivity contribution >= 4 is 5.71 Å². The monoisotopic (exact) mass is 314 g/mol.